The van der Waals surface area contributed by atoms with Crippen molar-refractivity contribution in [3.63, 3.8) is 0 Å². The summed E-state index contributed by atoms with van der Waals surface area (Å²) in [5, 5.41) is 2.86. The van der Waals surface area contributed by atoms with Gasteiger partial charge in [-0.3, -0.25) is 0 Å². The number of hydrogen-bond acceptors (Lipinski definition) is 5. The largest absolute Gasteiger partial charge is 0.341 e. The van der Waals surface area contributed by atoms with Gasteiger partial charge in [0, 0.05) is 58.6 Å². The summed E-state index contributed by atoms with van der Waals surface area (Å²) in [6, 6.07) is 48.8. The van der Waals surface area contributed by atoms with Gasteiger partial charge in [-0.15, -0.1) is 0 Å². The molecule has 0 radical (unpaired) electrons. The van der Waals surface area contributed by atoms with Crippen molar-refractivity contribution >= 4 is 55.7 Å². The van der Waals surface area contributed by atoms with Crippen LogP contribution in [0.25, 0.3) is 22.0 Å². The maximum Gasteiger partial charge on any atom is 0.190 e. The lowest BCUT2D eigenvalue weighted by Gasteiger charge is -2.28. The molecule has 7 heteroatoms. The van der Waals surface area contributed by atoms with Gasteiger partial charge in [-0.05, 0) is 130 Å². The molecule has 8 rings (SSSR count). The molecule has 0 spiro atoms. The molecule has 308 valence electrons. The van der Waals surface area contributed by atoms with Crippen molar-refractivity contribution in [2.75, 3.05) is 34.3 Å². The predicted octanol–water partition coefficient (Wildman–Crippen LogP) is 15.1. The summed E-state index contributed by atoms with van der Waals surface area (Å²) in [5.74, 6) is -1.69. The van der Waals surface area contributed by atoms with E-state index in [1.807, 2.05) is 18.2 Å². The topological polar surface area (TPSA) is 22.6 Å². The van der Waals surface area contributed by atoms with Crippen LogP contribution in [0, 0.1) is 39.3 Å². The first-order valence-corrected chi connectivity index (χ1v) is 22.0. The average Bonchev–Trinajstić information content (AvgIpc) is 3.68. The summed E-state index contributed by atoms with van der Waals surface area (Å²) < 4.78 is 32.2. The van der Waals surface area contributed by atoms with Gasteiger partial charge in [0.05, 0.1) is 16.9 Å². The highest BCUT2D eigenvalue weighted by Crippen LogP contribution is 2.48. The minimum atomic E-state index is -0.643. The lowest BCUT2D eigenvalue weighted by molar-refractivity contribution is 0.588. The molecule has 0 atom stereocenters. The van der Waals surface area contributed by atoms with E-state index in [0.717, 1.165) is 56.9 Å². The molecular weight excluding hydrogens is 775 g/mol. The third kappa shape index (κ3) is 7.91. The lowest BCUT2D eigenvalue weighted by Crippen LogP contribution is -2.18. The normalized spacial score (nSPS) is 11.4. The molecule has 0 aliphatic heterocycles. The number of aryl methyl sites for hydroxylation is 4. The SMILES string of the molecule is CCN(c1ccc(C(c2ccc(N(CC)c3c(C)cccc3C)cc2)c2sc(N(CC)c3cccc4ccccc34)nc2-c2c(F)cccc2F)cc1)c1c(C)cccc1C. The van der Waals surface area contributed by atoms with Gasteiger partial charge in [-0.1, -0.05) is 114 Å². The Kier molecular flexibility index (Phi) is 12.0. The molecule has 0 aliphatic carbocycles. The predicted molar refractivity (Wildman–Crippen MR) is 255 cm³/mol. The van der Waals surface area contributed by atoms with Crippen LogP contribution in [0.4, 0.5) is 42.3 Å². The molecular formula is C54H52F2N4S. The van der Waals surface area contributed by atoms with Gasteiger partial charge < -0.3 is 14.7 Å². The number of anilines is 6. The van der Waals surface area contributed by atoms with Crippen molar-refractivity contribution in [2.45, 2.75) is 54.4 Å². The Morgan fingerprint density at radius 3 is 1.44 bits per heavy atom. The van der Waals surface area contributed by atoms with E-state index in [4.69, 9.17) is 4.98 Å². The quantitative estimate of drug-likeness (QED) is 0.115. The molecule has 0 saturated carbocycles. The Labute approximate surface area is 363 Å². The number of rotatable bonds is 13. The molecule has 0 amide bonds. The second kappa shape index (κ2) is 17.7. The van der Waals surface area contributed by atoms with Crippen molar-refractivity contribution in [2.24, 2.45) is 0 Å². The number of benzene rings is 7. The van der Waals surface area contributed by atoms with Gasteiger partial charge in [0.2, 0.25) is 0 Å². The van der Waals surface area contributed by atoms with Crippen LogP contribution in [0.1, 0.15) is 64.9 Å². The molecule has 0 bridgehead atoms. The smallest absolute Gasteiger partial charge is 0.190 e. The van der Waals surface area contributed by atoms with Gasteiger partial charge in [0.15, 0.2) is 5.13 Å². The fourth-order valence-corrected chi connectivity index (χ4v) is 10.3. The third-order valence-corrected chi connectivity index (χ3v) is 13.0. The van der Waals surface area contributed by atoms with E-state index in [1.54, 1.807) is 0 Å². The molecule has 0 fully saturated rings. The Morgan fingerprint density at radius 1 is 0.508 bits per heavy atom. The van der Waals surface area contributed by atoms with Crippen molar-refractivity contribution in [1.82, 2.24) is 4.98 Å². The van der Waals surface area contributed by atoms with Gasteiger partial charge in [0.1, 0.15) is 11.6 Å². The lowest BCUT2D eigenvalue weighted by atomic mass is 9.87. The highest BCUT2D eigenvalue weighted by Gasteiger charge is 2.30. The molecule has 0 N–H and O–H groups in total. The van der Waals surface area contributed by atoms with Crippen molar-refractivity contribution < 1.29 is 8.78 Å². The van der Waals surface area contributed by atoms with E-state index in [-0.39, 0.29) is 5.56 Å². The van der Waals surface area contributed by atoms with E-state index < -0.39 is 17.6 Å². The zero-order valence-electron chi connectivity index (χ0n) is 36.0. The molecule has 1 aromatic heterocycles. The van der Waals surface area contributed by atoms with Crippen LogP contribution in [-0.2, 0) is 0 Å². The van der Waals surface area contributed by atoms with E-state index >= 15 is 8.78 Å². The number of thiazole rings is 1. The Hall–Kier alpha value is -6.31. The highest BCUT2D eigenvalue weighted by molar-refractivity contribution is 7.16. The fourth-order valence-electron chi connectivity index (χ4n) is 8.98. The first-order chi connectivity index (χ1) is 29.6. The number of aromatic nitrogens is 1. The van der Waals surface area contributed by atoms with Crippen LogP contribution in [0.5, 0.6) is 0 Å². The van der Waals surface area contributed by atoms with E-state index in [2.05, 4.69) is 172 Å². The van der Waals surface area contributed by atoms with E-state index in [1.165, 1.54) is 63.2 Å². The van der Waals surface area contributed by atoms with Crippen LogP contribution in [-0.4, -0.2) is 24.6 Å². The third-order valence-electron chi connectivity index (χ3n) is 11.8. The minimum Gasteiger partial charge on any atom is -0.341 e. The van der Waals surface area contributed by atoms with Crippen molar-refractivity contribution in [1.29, 1.82) is 0 Å². The summed E-state index contributed by atoms with van der Waals surface area (Å²) in [7, 11) is 0. The Balaban J connectivity index is 1.33. The second-order valence-electron chi connectivity index (χ2n) is 15.6. The van der Waals surface area contributed by atoms with E-state index in [9.17, 15) is 0 Å². The summed E-state index contributed by atoms with van der Waals surface area (Å²) >= 11 is 1.50. The maximum absolute atomic E-state index is 16.1. The number of fused-ring (bicyclic) bond motifs is 1. The van der Waals surface area contributed by atoms with Gasteiger partial charge in [-0.25, -0.2) is 13.8 Å². The van der Waals surface area contributed by atoms with Gasteiger partial charge in [0.25, 0.3) is 0 Å². The molecule has 1 heterocycles. The minimum absolute atomic E-state index is 0.119. The fraction of sp³-hybridized carbons (Fsp3) is 0.204. The van der Waals surface area contributed by atoms with Gasteiger partial charge in [-0.2, -0.15) is 0 Å². The molecule has 0 unspecified atom stereocenters. The maximum atomic E-state index is 16.1. The Morgan fingerprint density at radius 2 is 0.951 bits per heavy atom. The number of para-hydroxylation sites is 2. The van der Waals surface area contributed by atoms with Crippen molar-refractivity contribution in [3.8, 4) is 11.3 Å². The number of nitrogens with zero attached hydrogens (tertiary/aromatic N) is 4. The first kappa shape index (κ1) is 41.4. The zero-order chi connectivity index (χ0) is 42.8. The molecule has 61 heavy (non-hydrogen) atoms. The number of halogens is 2. The van der Waals surface area contributed by atoms with Crippen molar-refractivity contribution in [3.05, 3.63) is 195 Å². The summed E-state index contributed by atoms with van der Waals surface area (Å²) in [4.78, 5) is 12.8. The zero-order valence-corrected chi connectivity index (χ0v) is 36.8. The van der Waals surface area contributed by atoms with Gasteiger partial charge >= 0.3 is 0 Å². The van der Waals surface area contributed by atoms with E-state index in [0.29, 0.717) is 17.4 Å². The van der Waals surface area contributed by atoms with Crippen LogP contribution < -0.4 is 14.7 Å². The summed E-state index contributed by atoms with van der Waals surface area (Å²) in [6.45, 7) is 17.2. The van der Waals surface area contributed by atoms with Crippen LogP contribution in [0.3, 0.4) is 0 Å². The first-order valence-electron chi connectivity index (χ1n) is 21.2. The molecule has 4 nitrogen and oxygen atoms in total. The monoisotopic (exact) mass is 826 g/mol. The molecule has 7 aromatic carbocycles. The molecule has 8 aromatic rings. The average molecular weight is 827 g/mol. The number of hydrogen-bond donors (Lipinski definition) is 0. The molecule has 0 aliphatic rings. The van der Waals surface area contributed by atoms with Crippen LogP contribution in [0.2, 0.25) is 0 Å². The second-order valence-corrected chi connectivity index (χ2v) is 16.6. The summed E-state index contributed by atoms with van der Waals surface area (Å²) in [5.41, 5.74) is 12.6. The summed E-state index contributed by atoms with van der Waals surface area (Å²) in [6.07, 6.45) is 0. The van der Waals surface area contributed by atoms with Crippen LogP contribution in [0.15, 0.2) is 146 Å². The standard InChI is InChI=1S/C54H52F2N4S/c1-8-58(51-35(4)17-13-18-36(51)5)42-31-27-40(28-32-42)48(41-29-33-43(34-30-41)59(9-2)52-37(6)19-14-20-38(52)7)53-50(49-45(55)24-16-25-46(49)56)57-54(61-53)60(10-3)47-26-15-22-39-21-11-12-23-44(39)47/h11-34,48H,8-10H2,1-7H3. The highest BCUT2D eigenvalue weighted by atomic mass is 32.1. The Bertz CT molecular complexity index is 2640. The van der Waals surface area contributed by atoms with Crippen LogP contribution >= 0.6 is 11.3 Å². The molecule has 0 saturated heterocycles.